The SMILES string of the molecule is Nc1ncnc2c1c(-c1noc(C3CC3)c1-c1ncc(C3CCN(C(=O)OCC=O)CC3)cn1)nn2C1CC2CC1C2. The molecule has 216 valence electrons. The first-order valence-electron chi connectivity index (χ1n) is 14.7. The first-order valence-corrected chi connectivity index (χ1v) is 14.7. The molecule has 1 amide bonds. The molecule has 0 aromatic carbocycles. The zero-order chi connectivity index (χ0) is 28.4. The smallest absolute Gasteiger partial charge is 0.410 e. The quantitative estimate of drug-likeness (QED) is 0.321. The molecule has 4 saturated carbocycles. The lowest BCUT2D eigenvalue weighted by molar-refractivity contribution is -0.110. The fourth-order valence-corrected chi connectivity index (χ4v) is 7.09. The number of ether oxygens (including phenoxy) is 1. The van der Waals surface area contributed by atoms with Crippen LogP contribution in [0.5, 0.6) is 0 Å². The Morgan fingerprint density at radius 1 is 1.02 bits per heavy atom. The number of nitrogens with zero attached hydrogens (tertiary/aromatic N) is 8. The van der Waals surface area contributed by atoms with Crippen molar-refractivity contribution in [3.8, 4) is 22.8 Å². The largest absolute Gasteiger partial charge is 0.442 e. The number of hydrogen-bond donors (Lipinski definition) is 1. The summed E-state index contributed by atoms with van der Waals surface area (Å²) in [5, 5.41) is 10.3. The van der Waals surface area contributed by atoms with Gasteiger partial charge in [0.1, 0.15) is 30.1 Å². The first kappa shape index (κ1) is 25.3. The number of fused-ring (bicyclic) bond motifs is 2. The zero-order valence-corrected chi connectivity index (χ0v) is 23.1. The number of nitrogens with two attached hydrogens (primary N) is 1. The summed E-state index contributed by atoms with van der Waals surface area (Å²) in [7, 11) is 0. The van der Waals surface area contributed by atoms with Gasteiger partial charge < -0.3 is 19.9 Å². The number of carbonyl (C=O) groups excluding carboxylic acids is 2. The van der Waals surface area contributed by atoms with Crippen LogP contribution in [0.15, 0.2) is 23.2 Å². The van der Waals surface area contributed by atoms with Crippen LogP contribution in [-0.4, -0.2) is 71.8 Å². The minimum atomic E-state index is -0.453. The summed E-state index contributed by atoms with van der Waals surface area (Å²) in [5.74, 6) is 3.55. The van der Waals surface area contributed by atoms with Gasteiger partial charge in [-0.3, -0.25) is 4.79 Å². The third-order valence-electron chi connectivity index (χ3n) is 9.51. The molecular formula is C29H31N9O4. The molecule has 1 aliphatic heterocycles. The van der Waals surface area contributed by atoms with Crippen LogP contribution in [0.25, 0.3) is 33.8 Å². The second-order valence-corrected chi connectivity index (χ2v) is 12.0. The summed E-state index contributed by atoms with van der Waals surface area (Å²) in [6.07, 6.45) is 12.5. The van der Waals surface area contributed by atoms with Crippen LogP contribution < -0.4 is 5.73 Å². The van der Waals surface area contributed by atoms with E-state index in [-0.39, 0.29) is 18.4 Å². The molecule has 0 radical (unpaired) electrons. The predicted octanol–water partition coefficient (Wildman–Crippen LogP) is 3.88. The van der Waals surface area contributed by atoms with Gasteiger partial charge in [0.05, 0.1) is 17.0 Å². The van der Waals surface area contributed by atoms with E-state index in [4.69, 9.17) is 30.1 Å². The number of aldehydes is 1. The molecule has 5 aliphatic rings. The molecule has 13 heteroatoms. The van der Waals surface area contributed by atoms with Crippen molar-refractivity contribution in [2.24, 2.45) is 11.8 Å². The van der Waals surface area contributed by atoms with Gasteiger partial charge >= 0.3 is 6.09 Å². The number of aromatic nitrogens is 7. The molecule has 4 aromatic heterocycles. The van der Waals surface area contributed by atoms with Crippen LogP contribution in [0, 0.1) is 11.8 Å². The standard InChI is InChI=1S/C29H31N9O4/c30-26-22-23(35-38(28(22)34-14-33-26)20-11-15-9-18(20)10-15)24-21(25(42-36-24)17-1-2-17)27-31-12-19(13-32-27)16-3-5-37(6-4-16)29(40)41-8-7-39/h7,12-18,20H,1-6,8-11H2,(H2,30,33,34). The van der Waals surface area contributed by atoms with Crippen molar-refractivity contribution >= 4 is 29.2 Å². The maximum atomic E-state index is 12.1. The Hall–Kier alpha value is -4.42. The number of amides is 1. The molecular weight excluding hydrogens is 538 g/mol. The molecule has 1 atom stereocenters. The van der Waals surface area contributed by atoms with E-state index in [1.807, 2.05) is 17.1 Å². The van der Waals surface area contributed by atoms with Gasteiger partial charge in [-0.1, -0.05) is 5.16 Å². The van der Waals surface area contributed by atoms with Crippen molar-refractivity contribution in [2.75, 3.05) is 25.4 Å². The van der Waals surface area contributed by atoms with Gasteiger partial charge in [0.15, 0.2) is 23.5 Å². The third kappa shape index (κ3) is 4.12. The van der Waals surface area contributed by atoms with E-state index >= 15 is 0 Å². The molecule has 1 saturated heterocycles. The molecule has 1 unspecified atom stereocenters. The molecule has 4 aromatic rings. The number of rotatable bonds is 7. The molecule has 9 rings (SSSR count). The highest BCUT2D eigenvalue weighted by Crippen LogP contribution is 2.55. The van der Waals surface area contributed by atoms with Crippen LogP contribution in [0.3, 0.4) is 0 Å². The van der Waals surface area contributed by atoms with Crippen molar-refractivity contribution in [2.45, 2.75) is 62.8 Å². The highest BCUT2D eigenvalue weighted by molar-refractivity contribution is 6.00. The second-order valence-electron chi connectivity index (χ2n) is 12.0. The van der Waals surface area contributed by atoms with Gasteiger partial charge in [-0.05, 0) is 68.3 Å². The van der Waals surface area contributed by atoms with Gasteiger partial charge in [0, 0.05) is 31.4 Å². The van der Waals surface area contributed by atoms with E-state index in [0.29, 0.717) is 59.8 Å². The Morgan fingerprint density at radius 3 is 2.50 bits per heavy atom. The van der Waals surface area contributed by atoms with E-state index in [2.05, 4.69) is 15.1 Å². The maximum Gasteiger partial charge on any atom is 0.410 e. The lowest BCUT2D eigenvalue weighted by atomic mass is 9.84. The molecule has 0 spiro atoms. The summed E-state index contributed by atoms with van der Waals surface area (Å²) in [6, 6.07) is 0.299. The molecule has 4 aliphatic carbocycles. The average molecular weight is 570 g/mol. The van der Waals surface area contributed by atoms with Gasteiger partial charge in [-0.15, -0.1) is 0 Å². The predicted molar refractivity (Wildman–Crippen MR) is 149 cm³/mol. The minimum absolute atomic E-state index is 0.216. The Labute approximate surface area is 240 Å². The van der Waals surface area contributed by atoms with Crippen molar-refractivity contribution < 1.29 is 18.8 Å². The summed E-state index contributed by atoms with van der Waals surface area (Å²) >= 11 is 0. The summed E-state index contributed by atoms with van der Waals surface area (Å²) < 4.78 is 12.9. The van der Waals surface area contributed by atoms with Crippen molar-refractivity contribution in [3.05, 3.63) is 30.0 Å². The second kappa shape index (κ2) is 9.85. The van der Waals surface area contributed by atoms with Crippen molar-refractivity contribution in [3.63, 3.8) is 0 Å². The first-order chi connectivity index (χ1) is 20.6. The van der Waals surface area contributed by atoms with E-state index in [9.17, 15) is 9.59 Å². The van der Waals surface area contributed by atoms with Gasteiger partial charge in [-0.25, -0.2) is 29.4 Å². The van der Waals surface area contributed by atoms with Gasteiger partial charge in [0.25, 0.3) is 0 Å². The number of likely N-dealkylation sites (tertiary alicyclic amines) is 1. The Balaban J connectivity index is 1.12. The highest BCUT2D eigenvalue weighted by atomic mass is 16.6. The normalized spacial score (nSPS) is 23.7. The number of carbonyl (C=O) groups is 2. The molecule has 2 N–H and O–H groups in total. The molecule has 2 bridgehead atoms. The zero-order valence-electron chi connectivity index (χ0n) is 23.1. The lowest BCUT2D eigenvalue weighted by Crippen LogP contribution is -2.38. The van der Waals surface area contributed by atoms with Crippen LogP contribution in [0.2, 0.25) is 0 Å². The van der Waals surface area contributed by atoms with Gasteiger partial charge in [-0.2, -0.15) is 5.10 Å². The Bertz CT molecular complexity index is 1660. The topological polar surface area (TPSA) is 168 Å². The summed E-state index contributed by atoms with van der Waals surface area (Å²) in [6.45, 7) is 0.875. The lowest BCUT2D eigenvalue weighted by Gasteiger charge is -2.31. The third-order valence-corrected chi connectivity index (χ3v) is 9.51. The number of piperidine rings is 1. The van der Waals surface area contributed by atoms with Crippen molar-refractivity contribution in [1.29, 1.82) is 0 Å². The average Bonchev–Trinajstić information content (AvgIpc) is 3.32. The van der Waals surface area contributed by atoms with Gasteiger partial charge in [0.2, 0.25) is 0 Å². The monoisotopic (exact) mass is 569 g/mol. The number of hydrogen-bond acceptors (Lipinski definition) is 11. The summed E-state index contributed by atoms with van der Waals surface area (Å²) in [4.78, 5) is 42.7. The maximum absolute atomic E-state index is 12.1. The van der Waals surface area contributed by atoms with E-state index < -0.39 is 6.09 Å². The fourth-order valence-electron chi connectivity index (χ4n) is 7.09. The molecule has 5 fully saturated rings. The number of anilines is 1. The summed E-state index contributed by atoms with van der Waals surface area (Å²) in [5.41, 5.74) is 10.1. The number of nitrogen functional groups attached to an aromatic ring is 1. The van der Waals surface area contributed by atoms with Crippen LogP contribution >= 0.6 is 0 Å². The van der Waals surface area contributed by atoms with E-state index in [1.165, 1.54) is 19.2 Å². The molecule has 42 heavy (non-hydrogen) atoms. The Kier molecular flexibility index (Phi) is 5.93. The van der Waals surface area contributed by atoms with Crippen LogP contribution in [0.1, 0.15) is 74.1 Å². The highest BCUT2D eigenvalue weighted by Gasteiger charge is 2.47. The fraction of sp³-hybridized carbons (Fsp3) is 0.517. The van der Waals surface area contributed by atoms with Crippen LogP contribution in [0.4, 0.5) is 10.6 Å². The van der Waals surface area contributed by atoms with E-state index in [0.717, 1.165) is 60.6 Å². The molecule has 13 nitrogen and oxygen atoms in total. The van der Waals surface area contributed by atoms with E-state index in [1.54, 1.807) is 4.90 Å². The van der Waals surface area contributed by atoms with Crippen LogP contribution in [-0.2, 0) is 9.53 Å². The van der Waals surface area contributed by atoms with Crippen molar-refractivity contribution in [1.82, 2.24) is 39.8 Å². The Morgan fingerprint density at radius 2 is 1.81 bits per heavy atom. The minimum Gasteiger partial charge on any atom is -0.442 e. The molecule has 5 heterocycles.